The van der Waals surface area contributed by atoms with Gasteiger partial charge in [-0.3, -0.25) is 4.79 Å². The number of hydrogen-bond acceptors (Lipinski definition) is 3. The van der Waals surface area contributed by atoms with Crippen LogP contribution in [0.4, 0.5) is 0 Å². The van der Waals surface area contributed by atoms with Crippen molar-refractivity contribution in [3.05, 3.63) is 28.2 Å². The fraction of sp³-hybridized carbons (Fsp3) is 0.500. The lowest BCUT2D eigenvalue weighted by molar-refractivity contribution is -0.122. The van der Waals surface area contributed by atoms with Gasteiger partial charge in [-0.05, 0) is 52.9 Å². The minimum atomic E-state index is -0.322. The summed E-state index contributed by atoms with van der Waals surface area (Å²) >= 11 is 3.43. The van der Waals surface area contributed by atoms with Gasteiger partial charge >= 0.3 is 0 Å². The summed E-state index contributed by atoms with van der Waals surface area (Å²) in [6.07, 6.45) is 2.86. The van der Waals surface area contributed by atoms with Gasteiger partial charge in [0.25, 0.3) is 0 Å². The maximum absolute atomic E-state index is 11.8. The molecule has 1 aliphatic carbocycles. The molecule has 0 atom stereocenters. The minimum absolute atomic E-state index is 0.00140. The number of hydrogen-bond donors (Lipinski definition) is 2. The molecule has 0 radical (unpaired) electrons. The van der Waals surface area contributed by atoms with Crippen LogP contribution < -0.4 is 10.1 Å². The quantitative estimate of drug-likeness (QED) is 0.840. The van der Waals surface area contributed by atoms with Crippen molar-refractivity contribution in [1.82, 2.24) is 5.32 Å². The molecule has 0 unspecified atom stereocenters. The molecular formula is C14H18BrNO3. The van der Waals surface area contributed by atoms with Gasteiger partial charge in [0.1, 0.15) is 5.75 Å². The van der Waals surface area contributed by atoms with E-state index in [0.717, 1.165) is 28.6 Å². The molecule has 0 bridgehead atoms. The lowest BCUT2D eigenvalue weighted by Gasteiger charge is -2.14. The Labute approximate surface area is 121 Å². The molecule has 19 heavy (non-hydrogen) atoms. The highest BCUT2D eigenvalue weighted by atomic mass is 79.9. The number of aryl methyl sites for hydroxylation is 1. The Morgan fingerprint density at radius 1 is 1.53 bits per heavy atom. The topological polar surface area (TPSA) is 58.6 Å². The van der Waals surface area contributed by atoms with Crippen LogP contribution in [0.5, 0.6) is 5.75 Å². The Morgan fingerprint density at radius 3 is 2.79 bits per heavy atom. The first-order chi connectivity index (χ1) is 9.08. The zero-order valence-corrected chi connectivity index (χ0v) is 12.5. The predicted octanol–water partition coefficient (Wildman–Crippen LogP) is 2.03. The van der Waals surface area contributed by atoms with E-state index in [1.54, 1.807) is 7.11 Å². The molecule has 2 rings (SSSR count). The fourth-order valence-corrected chi connectivity index (χ4v) is 2.54. The predicted molar refractivity (Wildman–Crippen MR) is 76.2 cm³/mol. The van der Waals surface area contributed by atoms with Crippen molar-refractivity contribution in [2.45, 2.75) is 31.2 Å². The zero-order valence-electron chi connectivity index (χ0n) is 10.9. The standard InChI is InChI=1S/C14H18BrNO3/c1-19-12-4-2-10(8-11(12)15)3-5-13(18)16-14(9-17)6-7-14/h2,4,8,17H,3,5-7,9H2,1H3,(H,16,18). The maximum atomic E-state index is 11.8. The van der Waals surface area contributed by atoms with Crippen molar-refractivity contribution in [2.75, 3.05) is 13.7 Å². The van der Waals surface area contributed by atoms with Gasteiger partial charge < -0.3 is 15.2 Å². The summed E-state index contributed by atoms with van der Waals surface area (Å²) in [5.74, 6) is 0.781. The normalized spacial score (nSPS) is 15.9. The van der Waals surface area contributed by atoms with Gasteiger partial charge in [-0.2, -0.15) is 0 Å². The third-order valence-electron chi connectivity index (χ3n) is 3.42. The van der Waals surface area contributed by atoms with Crippen molar-refractivity contribution in [3.63, 3.8) is 0 Å². The SMILES string of the molecule is COc1ccc(CCC(=O)NC2(CO)CC2)cc1Br. The molecule has 1 aliphatic rings. The molecular weight excluding hydrogens is 310 g/mol. The highest BCUT2D eigenvalue weighted by Gasteiger charge is 2.43. The summed E-state index contributed by atoms with van der Waals surface area (Å²) in [6, 6.07) is 5.80. The van der Waals surface area contributed by atoms with Gasteiger partial charge in [-0.15, -0.1) is 0 Å². The number of aliphatic hydroxyl groups excluding tert-OH is 1. The number of carbonyl (C=O) groups is 1. The summed E-state index contributed by atoms with van der Waals surface area (Å²) in [5.41, 5.74) is 0.758. The van der Waals surface area contributed by atoms with E-state index < -0.39 is 0 Å². The summed E-state index contributed by atoms with van der Waals surface area (Å²) < 4.78 is 6.05. The van der Waals surface area contributed by atoms with Crippen LogP contribution in [0.3, 0.4) is 0 Å². The van der Waals surface area contributed by atoms with Crippen LogP contribution in [0.1, 0.15) is 24.8 Å². The van der Waals surface area contributed by atoms with E-state index >= 15 is 0 Å². The van der Waals surface area contributed by atoms with Gasteiger partial charge in [0.2, 0.25) is 5.91 Å². The van der Waals surface area contributed by atoms with Crippen molar-refractivity contribution >= 4 is 21.8 Å². The minimum Gasteiger partial charge on any atom is -0.496 e. The number of benzene rings is 1. The first-order valence-corrected chi connectivity index (χ1v) is 7.12. The molecule has 0 aromatic heterocycles. The summed E-state index contributed by atoms with van der Waals surface area (Å²) in [7, 11) is 1.62. The largest absolute Gasteiger partial charge is 0.496 e. The molecule has 1 aromatic carbocycles. The molecule has 0 aliphatic heterocycles. The number of halogens is 1. The van der Waals surface area contributed by atoms with Crippen LogP contribution in [0.25, 0.3) is 0 Å². The van der Waals surface area contributed by atoms with Crippen molar-refractivity contribution in [2.24, 2.45) is 0 Å². The second kappa shape index (κ2) is 5.92. The fourth-order valence-electron chi connectivity index (χ4n) is 1.96. The Hall–Kier alpha value is -1.07. The van der Waals surface area contributed by atoms with E-state index in [1.807, 2.05) is 18.2 Å². The Bertz CT molecular complexity index is 472. The Balaban J connectivity index is 1.85. The van der Waals surface area contributed by atoms with Gasteiger partial charge in [0, 0.05) is 6.42 Å². The van der Waals surface area contributed by atoms with E-state index in [4.69, 9.17) is 9.84 Å². The maximum Gasteiger partial charge on any atom is 0.220 e. The van der Waals surface area contributed by atoms with Crippen LogP contribution in [0.15, 0.2) is 22.7 Å². The average Bonchev–Trinajstić information content (AvgIpc) is 3.17. The molecule has 0 spiro atoms. The molecule has 104 valence electrons. The van der Waals surface area contributed by atoms with Gasteiger partial charge in [0.05, 0.1) is 23.7 Å². The number of rotatable bonds is 6. The highest BCUT2D eigenvalue weighted by Crippen LogP contribution is 2.34. The summed E-state index contributed by atoms with van der Waals surface area (Å²) in [5, 5.41) is 12.0. The van der Waals surface area contributed by atoms with E-state index in [-0.39, 0.29) is 18.1 Å². The van der Waals surface area contributed by atoms with Crippen LogP contribution in [0, 0.1) is 0 Å². The molecule has 1 fully saturated rings. The molecule has 1 amide bonds. The molecule has 2 N–H and O–H groups in total. The van der Waals surface area contributed by atoms with Gasteiger partial charge in [0.15, 0.2) is 0 Å². The second-order valence-electron chi connectivity index (χ2n) is 4.96. The molecule has 0 heterocycles. The molecule has 1 aromatic rings. The third-order valence-corrected chi connectivity index (χ3v) is 4.04. The molecule has 4 nitrogen and oxygen atoms in total. The van der Waals surface area contributed by atoms with E-state index in [2.05, 4.69) is 21.2 Å². The van der Waals surface area contributed by atoms with Crippen LogP contribution >= 0.6 is 15.9 Å². The number of aliphatic hydroxyl groups is 1. The highest BCUT2D eigenvalue weighted by molar-refractivity contribution is 9.10. The van der Waals surface area contributed by atoms with Crippen LogP contribution in [-0.2, 0) is 11.2 Å². The summed E-state index contributed by atoms with van der Waals surface area (Å²) in [4.78, 5) is 11.8. The van der Waals surface area contributed by atoms with Crippen molar-refractivity contribution in [1.29, 1.82) is 0 Å². The molecule has 5 heteroatoms. The summed E-state index contributed by atoms with van der Waals surface area (Å²) in [6.45, 7) is 0.0345. The monoisotopic (exact) mass is 327 g/mol. The Morgan fingerprint density at radius 2 is 2.26 bits per heavy atom. The van der Waals surface area contributed by atoms with Crippen LogP contribution in [0.2, 0.25) is 0 Å². The van der Waals surface area contributed by atoms with Crippen molar-refractivity contribution in [3.8, 4) is 5.75 Å². The lowest BCUT2D eigenvalue weighted by Crippen LogP contribution is -2.39. The smallest absolute Gasteiger partial charge is 0.220 e. The first kappa shape index (κ1) is 14.3. The molecule has 0 saturated heterocycles. The Kier molecular flexibility index (Phi) is 4.47. The number of amides is 1. The van der Waals surface area contributed by atoms with E-state index in [9.17, 15) is 4.79 Å². The number of methoxy groups -OCH3 is 1. The number of ether oxygens (including phenoxy) is 1. The lowest BCUT2D eigenvalue weighted by atomic mass is 10.1. The number of carbonyl (C=O) groups excluding carboxylic acids is 1. The first-order valence-electron chi connectivity index (χ1n) is 6.33. The zero-order chi connectivity index (χ0) is 13.9. The van der Waals surface area contributed by atoms with E-state index in [1.165, 1.54) is 0 Å². The third kappa shape index (κ3) is 3.70. The molecule has 1 saturated carbocycles. The second-order valence-corrected chi connectivity index (χ2v) is 5.81. The van der Waals surface area contributed by atoms with Gasteiger partial charge in [-0.25, -0.2) is 0 Å². The van der Waals surface area contributed by atoms with E-state index in [0.29, 0.717) is 12.8 Å². The number of nitrogens with one attached hydrogen (secondary N) is 1. The van der Waals surface area contributed by atoms with Crippen molar-refractivity contribution < 1.29 is 14.6 Å². The van der Waals surface area contributed by atoms with Gasteiger partial charge in [-0.1, -0.05) is 6.07 Å². The average molecular weight is 328 g/mol. The van der Waals surface area contributed by atoms with Crippen LogP contribution in [-0.4, -0.2) is 30.3 Å².